The number of amides is 2. The van der Waals surface area contributed by atoms with Crippen LogP contribution in [0.5, 0.6) is 0 Å². The molecule has 2 fully saturated rings. The lowest BCUT2D eigenvalue weighted by Crippen LogP contribution is -2.48. The zero-order chi connectivity index (χ0) is 17.3. The van der Waals surface area contributed by atoms with E-state index in [0.29, 0.717) is 41.0 Å². The van der Waals surface area contributed by atoms with E-state index in [1.165, 1.54) is 0 Å². The molecular formula is C17H22Cl3N3O2. The van der Waals surface area contributed by atoms with Gasteiger partial charge in [-0.05, 0) is 49.8 Å². The van der Waals surface area contributed by atoms with Gasteiger partial charge in [0.05, 0.1) is 0 Å². The van der Waals surface area contributed by atoms with Crippen LogP contribution in [0.4, 0.5) is 0 Å². The summed E-state index contributed by atoms with van der Waals surface area (Å²) in [5.74, 6) is 0.175. The Morgan fingerprint density at radius 2 is 1.84 bits per heavy atom. The zero-order valence-corrected chi connectivity index (χ0v) is 16.0. The van der Waals surface area contributed by atoms with Crippen LogP contribution < -0.4 is 11.1 Å². The third kappa shape index (κ3) is 5.00. The summed E-state index contributed by atoms with van der Waals surface area (Å²) in [5, 5.41) is 3.70. The van der Waals surface area contributed by atoms with Gasteiger partial charge in [0, 0.05) is 34.7 Å². The van der Waals surface area contributed by atoms with Crippen molar-refractivity contribution >= 4 is 47.4 Å². The van der Waals surface area contributed by atoms with Crippen molar-refractivity contribution in [1.29, 1.82) is 0 Å². The molecule has 3 rings (SSSR count). The summed E-state index contributed by atoms with van der Waals surface area (Å²) in [5.41, 5.74) is 6.42. The first-order valence-corrected chi connectivity index (χ1v) is 9.01. The van der Waals surface area contributed by atoms with Gasteiger partial charge < -0.3 is 16.0 Å². The van der Waals surface area contributed by atoms with Crippen LogP contribution in [0, 0.1) is 5.92 Å². The van der Waals surface area contributed by atoms with Crippen molar-refractivity contribution in [3.8, 4) is 0 Å². The normalized spacial score (nSPS) is 20.8. The summed E-state index contributed by atoms with van der Waals surface area (Å²) >= 11 is 11.9. The van der Waals surface area contributed by atoms with Crippen molar-refractivity contribution in [2.45, 2.75) is 37.8 Å². The molecule has 2 amide bonds. The van der Waals surface area contributed by atoms with E-state index in [-0.39, 0.29) is 30.3 Å². The summed E-state index contributed by atoms with van der Waals surface area (Å²) in [7, 11) is 0. The molecule has 3 N–H and O–H groups in total. The van der Waals surface area contributed by atoms with Crippen LogP contribution in [-0.4, -0.2) is 41.9 Å². The zero-order valence-electron chi connectivity index (χ0n) is 13.7. The van der Waals surface area contributed by atoms with E-state index in [1.54, 1.807) is 23.1 Å². The van der Waals surface area contributed by atoms with E-state index in [1.807, 2.05) is 0 Å². The van der Waals surface area contributed by atoms with Crippen LogP contribution in [0.15, 0.2) is 18.2 Å². The standard InChI is InChI=1S/C17H21Cl2N3O2.ClH/c18-12-6-11(7-13(19)8-12)17(24)22-5-1-2-15(22)16(23)21-9-14(20)10-3-4-10;/h6-8,10,14-15H,1-5,9,20H2,(H,21,23);1H. The largest absolute Gasteiger partial charge is 0.353 e. The Hall–Kier alpha value is -1.01. The maximum atomic E-state index is 12.7. The SMILES string of the molecule is Cl.NC(CNC(=O)C1CCCN1C(=O)c1cc(Cl)cc(Cl)c1)C1CC1. The minimum Gasteiger partial charge on any atom is -0.353 e. The fraction of sp³-hybridized carbons (Fsp3) is 0.529. The van der Waals surface area contributed by atoms with Crippen LogP contribution in [0.2, 0.25) is 10.0 Å². The van der Waals surface area contributed by atoms with Crippen molar-refractivity contribution in [3.05, 3.63) is 33.8 Å². The number of halogens is 3. The Morgan fingerprint density at radius 3 is 2.44 bits per heavy atom. The van der Waals surface area contributed by atoms with Gasteiger partial charge in [-0.25, -0.2) is 0 Å². The molecule has 0 radical (unpaired) electrons. The topological polar surface area (TPSA) is 75.4 Å². The Labute approximate surface area is 163 Å². The third-order valence-corrected chi connectivity index (χ3v) is 5.10. The van der Waals surface area contributed by atoms with E-state index < -0.39 is 6.04 Å². The van der Waals surface area contributed by atoms with Crippen LogP contribution in [0.25, 0.3) is 0 Å². The van der Waals surface area contributed by atoms with E-state index in [9.17, 15) is 9.59 Å². The van der Waals surface area contributed by atoms with E-state index in [4.69, 9.17) is 28.9 Å². The highest BCUT2D eigenvalue weighted by Gasteiger charge is 2.35. The molecule has 1 aliphatic carbocycles. The number of likely N-dealkylation sites (tertiary alicyclic amines) is 1. The molecule has 1 saturated carbocycles. The maximum absolute atomic E-state index is 12.7. The summed E-state index contributed by atoms with van der Waals surface area (Å²) in [4.78, 5) is 26.8. The van der Waals surface area contributed by atoms with Gasteiger partial charge in [0.2, 0.25) is 5.91 Å². The highest BCUT2D eigenvalue weighted by atomic mass is 35.5. The quantitative estimate of drug-likeness (QED) is 0.789. The Morgan fingerprint density at radius 1 is 1.20 bits per heavy atom. The van der Waals surface area contributed by atoms with Gasteiger partial charge in [-0.2, -0.15) is 0 Å². The van der Waals surface area contributed by atoms with Gasteiger partial charge in [0.15, 0.2) is 0 Å². The molecule has 1 heterocycles. The predicted octanol–water partition coefficient (Wildman–Crippen LogP) is 2.87. The molecular weight excluding hydrogens is 385 g/mol. The number of rotatable bonds is 5. The monoisotopic (exact) mass is 405 g/mol. The number of carbonyl (C=O) groups is 2. The number of benzene rings is 1. The fourth-order valence-corrected chi connectivity index (χ4v) is 3.68. The average molecular weight is 407 g/mol. The lowest BCUT2D eigenvalue weighted by molar-refractivity contribution is -0.124. The second-order valence-electron chi connectivity index (χ2n) is 6.56. The predicted molar refractivity (Wildman–Crippen MR) is 101 cm³/mol. The van der Waals surface area contributed by atoms with Crippen molar-refractivity contribution in [2.24, 2.45) is 11.7 Å². The number of hydrogen-bond acceptors (Lipinski definition) is 3. The van der Waals surface area contributed by atoms with Crippen molar-refractivity contribution in [3.63, 3.8) is 0 Å². The lowest BCUT2D eigenvalue weighted by Gasteiger charge is -2.25. The first-order chi connectivity index (χ1) is 11.5. The first kappa shape index (κ1) is 20.3. The van der Waals surface area contributed by atoms with E-state index in [2.05, 4.69) is 5.32 Å². The molecule has 1 aromatic rings. The summed E-state index contributed by atoms with van der Waals surface area (Å²) in [6.45, 7) is 1.01. The molecule has 8 heteroatoms. The van der Waals surface area contributed by atoms with Gasteiger partial charge in [-0.3, -0.25) is 9.59 Å². The molecule has 1 saturated heterocycles. The molecule has 0 aromatic heterocycles. The van der Waals surface area contributed by atoms with E-state index in [0.717, 1.165) is 19.3 Å². The summed E-state index contributed by atoms with van der Waals surface area (Å²) in [6, 6.07) is 4.28. The summed E-state index contributed by atoms with van der Waals surface area (Å²) in [6.07, 6.45) is 3.73. The second kappa shape index (κ2) is 8.58. The number of nitrogens with two attached hydrogens (primary N) is 1. The Balaban J connectivity index is 0.00000225. The van der Waals surface area contributed by atoms with Gasteiger partial charge in [-0.1, -0.05) is 23.2 Å². The highest BCUT2D eigenvalue weighted by Crippen LogP contribution is 2.31. The van der Waals surface area contributed by atoms with Crippen molar-refractivity contribution < 1.29 is 9.59 Å². The third-order valence-electron chi connectivity index (χ3n) is 4.67. The summed E-state index contributed by atoms with van der Waals surface area (Å²) < 4.78 is 0. The lowest BCUT2D eigenvalue weighted by atomic mass is 10.1. The molecule has 2 atom stereocenters. The van der Waals surface area contributed by atoms with Gasteiger partial charge in [0.1, 0.15) is 6.04 Å². The fourth-order valence-electron chi connectivity index (χ4n) is 3.15. The maximum Gasteiger partial charge on any atom is 0.254 e. The molecule has 0 bridgehead atoms. The molecule has 2 unspecified atom stereocenters. The average Bonchev–Trinajstić information content (AvgIpc) is 3.27. The number of nitrogens with one attached hydrogen (secondary N) is 1. The molecule has 25 heavy (non-hydrogen) atoms. The Bertz CT molecular complexity index is 632. The minimum absolute atomic E-state index is 0. The molecule has 138 valence electrons. The van der Waals surface area contributed by atoms with Crippen LogP contribution in [0.3, 0.4) is 0 Å². The van der Waals surface area contributed by atoms with Gasteiger partial charge in [0.25, 0.3) is 5.91 Å². The number of nitrogens with zero attached hydrogens (tertiary/aromatic N) is 1. The molecule has 5 nitrogen and oxygen atoms in total. The van der Waals surface area contributed by atoms with Crippen LogP contribution in [-0.2, 0) is 4.79 Å². The molecule has 2 aliphatic rings. The smallest absolute Gasteiger partial charge is 0.254 e. The number of carbonyl (C=O) groups excluding carboxylic acids is 2. The van der Waals surface area contributed by atoms with Crippen LogP contribution >= 0.6 is 35.6 Å². The van der Waals surface area contributed by atoms with Crippen molar-refractivity contribution in [1.82, 2.24) is 10.2 Å². The number of hydrogen-bond donors (Lipinski definition) is 2. The minimum atomic E-state index is -0.457. The molecule has 1 aliphatic heterocycles. The van der Waals surface area contributed by atoms with Gasteiger partial charge >= 0.3 is 0 Å². The highest BCUT2D eigenvalue weighted by molar-refractivity contribution is 6.35. The Kier molecular flexibility index (Phi) is 6.97. The first-order valence-electron chi connectivity index (χ1n) is 8.26. The van der Waals surface area contributed by atoms with Gasteiger partial charge in [-0.15, -0.1) is 12.4 Å². The molecule has 1 aromatic carbocycles. The van der Waals surface area contributed by atoms with Crippen LogP contribution in [0.1, 0.15) is 36.0 Å². The second-order valence-corrected chi connectivity index (χ2v) is 7.43. The molecule has 0 spiro atoms. The van der Waals surface area contributed by atoms with E-state index >= 15 is 0 Å². The van der Waals surface area contributed by atoms with Crippen molar-refractivity contribution in [2.75, 3.05) is 13.1 Å².